The van der Waals surface area contributed by atoms with Gasteiger partial charge in [-0.25, -0.2) is 4.98 Å². The zero-order chi connectivity index (χ0) is 13.0. The van der Waals surface area contributed by atoms with Gasteiger partial charge < -0.3 is 4.74 Å². The second-order valence-electron chi connectivity index (χ2n) is 4.74. The van der Waals surface area contributed by atoms with Gasteiger partial charge in [-0.05, 0) is 12.8 Å². The van der Waals surface area contributed by atoms with Crippen LogP contribution in [0.2, 0.25) is 0 Å². The molecule has 0 saturated heterocycles. The van der Waals surface area contributed by atoms with Crippen LogP contribution in [0.3, 0.4) is 0 Å². The molecule has 0 N–H and O–H groups in total. The van der Waals surface area contributed by atoms with Crippen LogP contribution in [0, 0.1) is 12.8 Å². The predicted octanol–water partition coefficient (Wildman–Crippen LogP) is 3.49. The van der Waals surface area contributed by atoms with Crippen molar-refractivity contribution in [1.29, 1.82) is 0 Å². The monoisotopic (exact) mass is 242 g/mol. The first-order valence-corrected chi connectivity index (χ1v) is 6.19. The van der Waals surface area contributed by atoms with Crippen LogP contribution in [0.1, 0.15) is 19.5 Å². The summed E-state index contributed by atoms with van der Waals surface area (Å²) < 4.78 is 5.66. The van der Waals surface area contributed by atoms with Gasteiger partial charge in [0.05, 0.1) is 6.61 Å². The SMILES string of the molecule is Cc1cc(OCC(C)C)nc(-c2ccccc2)n1. The lowest BCUT2D eigenvalue weighted by Gasteiger charge is -2.09. The molecule has 3 heteroatoms. The van der Waals surface area contributed by atoms with E-state index < -0.39 is 0 Å². The third kappa shape index (κ3) is 3.29. The number of hydrogen-bond donors (Lipinski definition) is 0. The molecule has 1 aromatic carbocycles. The summed E-state index contributed by atoms with van der Waals surface area (Å²) in [5.74, 6) is 1.85. The quantitative estimate of drug-likeness (QED) is 0.823. The molecule has 0 spiro atoms. The molecule has 0 radical (unpaired) electrons. The normalized spacial score (nSPS) is 10.7. The fraction of sp³-hybridized carbons (Fsp3) is 0.333. The molecule has 2 rings (SSSR count). The maximum atomic E-state index is 5.66. The van der Waals surface area contributed by atoms with Gasteiger partial charge in [0.1, 0.15) is 0 Å². The first-order chi connectivity index (χ1) is 8.65. The van der Waals surface area contributed by atoms with Crippen molar-refractivity contribution in [2.24, 2.45) is 5.92 Å². The summed E-state index contributed by atoms with van der Waals surface area (Å²) in [6, 6.07) is 11.8. The number of aromatic nitrogens is 2. The Morgan fingerprint density at radius 2 is 1.83 bits per heavy atom. The van der Waals surface area contributed by atoms with Crippen LogP contribution in [0.5, 0.6) is 5.88 Å². The van der Waals surface area contributed by atoms with Crippen molar-refractivity contribution in [2.45, 2.75) is 20.8 Å². The Balaban J connectivity index is 2.27. The van der Waals surface area contributed by atoms with Crippen molar-refractivity contribution >= 4 is 0 Å². The minimum absolute atomic E-state index is 0.487. The van der Waals surface area contributed by atoms with Crippen LogP contribution in [-0.2, 0) is 0 Å². The summed E-state index contributed by atoms with van der Waals surface area (Å²) in [7, 11) is 0. The molecular formula is C15H18N2O. The van der Waals surface area contributed by atoms with Crippen molar-refractivity contribution in [3.05, 3.63) is 42.1 Å². The standard InChI is InChI=1S/C15H18N2O/c1-11(2)10-18-14-9-12(3)16-15(17-14)13-7-5-4-6-8-13/h4-9,11H,10H2,1-3H3. The number of hydrogen-bond acceptors (Lipinski definition) is 3. The van der Waals surface area contributed by atoms with Crippen molar-refractivity contribution in [1.82, 2.24) is 9.97 Å². The fourth-order valence-electron chi connectivity index (χ4n) is 1.58. The van der Waals surface area contributed by atoms with Gasteiger partial charge in [-0.2, -0.15) is 4.98 Å². The highest BCUT2D eigenvalue weighted by molar-refractivity contribution is 5.55. The topological polar surface area (TPSA) is 35.0 Å². The summed E-state index contributed by atoms with van der Waals surface area (Å²) in [4.78, 5) is 8.88. The molecule has 0 aliphatic heterocycles. The molecule has 0 bridgehead atoms. The van der Waals surface area contributed by atoms with E-state index in [-0.39, 0.29) is 0 Å². The lowest BCUT2D eigenvalue weighted by molar-refractivity contribution is 0.261. The molecule has 1 aromatic heterocycles. The molecule has 0 unspecified atom stereocenters. The van der Waals surface area contributed by atoms with Crippen LogP contribution in [0.15, 0.2) is 36.4 Å². The Morgan fingerprint density at radius 1 is 1.11 bits per heavy atom. The molecule has 0 atom stereocenters. The largest absolute Gasteiger partial charge is 0.477 e. The molecule has 1 heterocycles. The number of aryl methyl sites for hydroxylation is 1. The maximum absolute atomic E-state index is 5.66. The van der Waals surface area contributed by atoms with Gasteiger partial charge in [0.15, 0.2) is 5.82 Å². The molecule has 0 saturated carbocycles. The van der Waals surface area contributed by atoms with Crippen LogP contribution in [0.4, 0.5) is 0 Å². The van der Waals surface area contributed by atoms with Gasteiger partial charge in [0, 0.05) is 17.3 Å². The van der Waals surface area contributed by atoms with Crippen LogP contribution in [0.25, 0.3) is 11.4 Å². The van der Waals surface area contributed by atoms with E-state index in [1.807, 2.05) is 43.3 Å². The molecule has 2 aromatic rings. The highest BCUT2D eigenvalue weighted by Crippen LogP contribution is 2.18. The van der Waals surface area contributed by atoms with E-state index in [1.165, 1.54) is 0 Å². The van der Waals surface area contributed by atoms with Gasteiger partial charge >= 0.3 is 0 Å². The zero-order valence-corrected chi connectivity index (χ0v) is 11.1. The minimum Gasteiger partial charge on any atom is -0.477 e. The number of benzene rings is 1. The lowest BCUT2D eigenvalue weighted by Crippen LogP contribution is -2.06. The fourth-order valence-corrected chi connectivity index (χ4v) is 1.58. The number of nitrogens with zero attached hydrogens (tertiary/aromatic N) is 2. The third-order valence-electron chi connectivity index (χ3n) is 2.43. The second kappa shape index (κ2) is 5.63. The average Bonchev–Trinajstić information content (AvgIpc) is 2.37. The van der Waals surface area contributed by atoms with Crippen LogP contribution in [-0.4, -0.2) is 16.6 Å². The predicted molar refractivity (Wildman–Crippen MR) is 72.5 cm³/mol. The van der Waals surface area contributed by atoms with E-state index in [4.69, 9.17) is 4.74 Å². The number of rotatable bonds is 4. The first kappa shape index (κ1) is 12.6. The zero-order valence-electron chi connectivity index (χ0n) is 11.1. The van der Waals surface area contributed by atoms with E-state index >= 15 is 0 Å². The Hall–Kier alpha value is -1.90. The van der Waals surface area contributed by atoms with Crippen LogP contribution < -0.4 is 4.74 Å². The maximum Gasteiger partial charge on any atom is 0.217 e. The van der Waals surface area contributed by atoms with Gasteiger partial charge in [-0.1, -0.05) is 44.2 Å². The average molecular weight is 242 g/mol. The minimum atomic E-state index is 0.487. The van der Waals surface area contributed by atoms with Crippen molar-refractivity contribution in [3.63, 3.8) is 0 Å². The van der Waals surface area contributed by atoms with Crippen molar-refractivity contribution < 1.29 is 4.74 Å². The Bertz CT molecular complexity index is 509. The smallest absolute Gasteiger partial charge is 0.217 e. The van der Waals surface area contributed by atoms with Crippen LogP contribution >= 0.6 is 0 Å². The summed E-state index contributed by atoms with van der Waals surface area (Å²) >= 11 is 0. The molecule has 0 fully saturated rings. The molecule has 18 heavy (non-hydrogen) atoms. The Morgan fingerprint density at radius 3 is 2.50 bits per heavy atom. The van der Waals surface area contributed by atoms with Crippen molar-refractivity contribution in [2.75, 3.05) is 6.61 Å². The highest BCUT2D eigenvalue weighted by atomic mass is 16.5. The molecule has 0 aliphatic carbocycles. The highest BCUT2D eigenvalue weighted by Gasteiger charge is 2.06. The van der Waals surface area contributed by atoms with Gasteiger partial charge in [0.2, 0.25) is 5.88 Å². The van der Waals surface area contributed by atoms with Gasteiger partial charge in [-0.3, -0.25) is 0 Å². The summed E-state index contributed by atoms with van der Waals surface area (Å²) in [5.41, 5.74) is 1.93. The molecule has 0 aliphatic rings. The van der Waals surface area contributed by atoms with E-state index in [9.17, 15) is 0 Å². The summed E-state index contributed by atoms with van der Waals surface area (Å²) in [5, 5.41) is 0. The van der Waals surface area contributed by atoms with E-state index in [2.05, 4.69) is 23.8 Å². The molecular weight excluding hydrogens is 224 g/mol. The second-order valence-corrected chi connectivity index (χ2v) is 4.74. The summed E-state index contributed by atoms with van der Waals surface area (Å²) in [6.45, 7) is 6.86. The summed E-state index contributed by atoms with van der Waals surface area (Å²) in [6.07, 6.45) is 0. The van der Waals surface area contributed by atoms with Gasteiger partial charge in [0.25, 0.3) is 0 Å². The van der Waals surface area contributed by atoms with Crippen molar-refractivity contribution in [3.8, 4) is 17.3 Å². The third-order valence-corrected chi connectivity index (χ3v) is 2.43. The van der Waals surface area contributed by atoms with E-state index in [0.717, 1.165) is 11.3 Å². The Kier molecular flexibility index (Phi) is 3.92. The molecule has 0 amide bonds. The van der Waals surface area contributed by atoms with E-state index in [1.54, 1.807) is 0 Å². The molecule has 3 nitrogen and oxygen atoms in total. The first-order valence-electron chi connectivity index (χ1n) is 6.19. The van der Waals surface area contributed by atoms with E-state index in [0.29, 0.717) is 24.2 Å². The number of ether oxygens (including phenoxy) is 1. The molecule has 94 valence electrons. The Labute approximate surface area is 108 Å². The lowest BCUT2D eigenvalue weighted by atomic mass is 10.2. The van der Waals surface area contributed by atoms with Gasteiger partial charge in [-0.15, -0.1) is 0 Å².